The van der Waals surface area contributed by atoms with E-state index in [1.807, 2.05) is 25.1 Å². The number of pyridine rings is 2. The number of hydrogen-bond donors (Lipinski definition) is 0. The molecule has 0 radical (unpaired) electrons. The molecule has 0 N–H and O–H groups in total. The van der Waals surface area contributed by atoms with Gasteiger partial charge in [0.15, 0.2) is 0 Å². The Balaban J connectivity index is 2.55. The maximum atomic E-state index is 5.88. The van der Waals surface area contributed by atoms with Gasteiger partial charge < -0.3 is 0 Å². The van der Waals surface area contributed by atoms with E-state index in [9.17, 15) is 0 Å². The lowest BCUT2D eigenvalue weighted by molar-refractivity contribution is 1.21. The fourth-order valence-corrected chi connectivity index (χ4v) is 1.45. The van der Waals surface area contributed by atoms with E-state index in [0.717, 1.165) is 17.0 Å². The number of nitrogens with zero attached hydrogens (tertiary/aromatic N) is 2. The second-order valence-corrected chi connectivity index (χ2v) is 3.46. The highest BCUT2D eigenvalue weighted by molar-refractivity contribution is 6.30. The van der Waals surface area contributed by atoms with Gasteiger partial charge in [0, 0.05) is 17.4 Å². The van der Waals surface area contributed by atoms with Crippen molar-refractivity contribution >= 4 is 11.6 Å². The lowest BCUT2D eigenvalue weighted by Gasteiger charge is -2.02. The molecule has 70 valence electrons. The summed E-state index contributed by atoms with van der Waals surface area (Å²) in [6, 6.07) is 7.48. The number of aryl methyl sites for hydroxylation is 1. The van der Waals surface area contributed by atoms with Gasteiger partial charge in [0.1, 0.15) is 0 Å². The van der Waals surface area contributed by atoms with E-state index < -0.39 is 0 Å². The standard InChI is InChI=1S/C11H9ClN2/c1-8-3-2-5-14-11(8)10-7-9(12)4-6-13-10/h2-7H,1H3. The predicted octanol–water partition coefficient (Wildman–Crippen LogP) is 3.11. The highest BCUT2D eigenvalue weighted by atomic mass is 35.5. The van der Waals surface area contributed by atoms with Gasteiger partial charge in [0.2, 0.25) is 0 Å². The van der Waals surface area contributed by atoms with Crippen LogP contribution in [0, 0.1) is 6.92 Å². The third-order valence-corrected chi connectivity index (χ3v) is 2.21. The molecule has 0 aliphatic carbocycles. The van der Waals surface area contributed by atoms with Crippen LogP contribution in [0.5, 0.6) is 0 Å². The first-order chi connectivity index (χ1) is 6.77. The van der Waals surface area contributed by atoms with Crippen LogP contribution in [0.3, 0.4) is 0 Å². The molecule has 0 aliphatic heterocycles. The molecule has 3 heteroatoms. The first kappa shape index (κ1) is 9.16. The molecule has 0 bridgehead atoms. The lowest BCUT2D eigenvalue weighted by Crippen LogP contribution is -1.89. The van der Waals surface area contributed by atoms with Crippen molar-refractivity contribution in [1.29, 1.82) is 0 Å². The Morgan fingerprint density at radius 1 is 1.14 bits per heavy atom. The molecule has 0 unspecified atom stereocenters. The summed E-state index contributed by atoms with van der Waals surface area (Å²) in [4.78, 5) is 8.49. The molecule has 0 saturated carbocycles. The molecule has 2 heterocycles. The average molecular weight is 205 g/mol. The van der Waals surface area contributed by atoms with E-state index >= 15 is 0 Å². The molecule has 0 aromatic carbocycles. The topological polar surface area (TPSA) is 25.8 Å². The third-order valence-electron chi connectivity index (χ3n) is 1.97. The second-order valence-electron chi connectivity index (χ2n) is 3.03. The number of rotatable bonds is 1. The van der Waals surface area contributed by atoms with E-state index in [1.165, 1.54) is 0 Å². The van der Waals surface area contributed by atoms with Crippen molar-refractivity contribution in [2.45, 2.75) is 6.92 Å². The van der Waals surface area contributed by atoms with Crippen LogP contribution in [0.1, 0.15) is 5.56 Å². The third kappa shape index (κ3) is 1.75. The number of halogens is 1. The van der Waals surface area contributed by atoms with Gasteiger partial charge in [-0.25, -0.2) is 0 Å². The largest absolute Gasteiger partial charge is 0.255 e. The zero-order valence-electron chi connectivity index (χ0n) is 7.74. The van der Waals surface area contributed by atoms with Crippen LogP contribution < -0.4 is 0 Å². The molecule has 0 spiro atoms. The van der Waals surface area contributed by atoms with Crippen molar-refractivity contribution in [3.8, 4) is 11.4 Å². The Labute approximate surface area is 87.6 Å². The molecule has 2 rings (SSSR count). The van der Waals surface area contributed by atoms with E-state index in [2.05, 4.69) is 9.97 Å². The summed E-state index contributed by atoms with van der Waals surface area (Å²) >= 11 is 5.88. The van der Waals surface area contributed by atoms with Crippen LogP contribution in [0.15, 0.2) is 36.7 Å². The smallest absolute Gasteiger partial charge is 0.0915 e. The molecule has 0 aliphatic rings. The normalized spacial score (nSPS) is 10.1. The Kier molecular flexibility index (Phi) is 2.46. The minimum atomic E-state index is 0.681. The van der Waals surface area contributed by atoms with Crippen molar-refractivity contribution in [3.05, 3.63) is 47.2 Å². The van der Waals surface area contributed by atoms with E-state index in [0.29, 0.717) is 5.02 Å². The molecule has 14 heavy (non-hydrogen) atoms. The number of aromatic nitrogens is 2. The average Bonchev–Trinajstić information content (AvgIpc) is 2.18. The Hall–Kier alpha value is -1.41. The maximum Gasteiger partial charge on any atom is 0.0915 e. The van der Waals surface area contributed by atoms with Gasteiger partial charge in [-0.05, 0) is 30.7 Å². The van der Waals surface area contributed by atoms with Crippen molar-refractivity contribution in [3.63, 3.8) is 0 Å². The SMILES string of the molecule is Cc1cccnc1-c1cc(Cl)ccn1. The van der Waals surface area contributed by atoms with Gasteiger partial charge in [-0.3, -0.25) is 9.97 Å². The van der Waals surface area contributed by atoms with Crippen molar-refractivity contribution in [2.24, 2.45) is 0 Å². The van der Waals surface area contributed by atoms with Crippen LogP contribution >= 0.6 is 11.6 Å². The summed E-state index contributed by atoms with van der Waals surface area (Å²) in [5.41, 5.74) is 2.80. The molecule has 0 atom stereocenters. The molecule has 0 amide bonds. The van der Waals surface area contributed by atoms with E-state index in [1.54, 1.807) is 18.5 Å². The van der Waals surface area contributed by atoms with E-state index in [-0.39, 0.29) is 0 Å². The van der Waals surface area contributed by atoms with Gasteiger partial charge >= 0.3 is 0 Å². The Morgan fingerprint density at radius 3 is 2.71 bits per heavy atom. The molecular weight excluding hydrogens is 196 g/mol. The van der Waals surface area contributed by atoms with Gasteiger partial charge in [-0.1, -0.05) is 17.7 Å². The first-order valence-corrected chi connectivity index (χ1v) is 4.69. The highest BCUT2D eigenvalue weighted by Crippen LogP contribution is 2.20. The fraction of sp³-hybridized carbons (Fsp3) is 0.0909. The molecule has 2 aromatic heterocycles. The number of hydrogen-bond acceptors (Lipinski definition) is 2. The van der Waals surface area contributed by atoms with Gasteiger partial charge in [0.25, 0.3) is 0 Å². The molecule has 0 fully saturated rings. The highest BCUT2D eigenvalue weighted by Gasteiger charge is 2.03. The first-order valence-electron chi connectivity index (χ1n) is 4.31. The summed E-state index contributed by atoms with van der Waals surface area (Å²) in [5, 5.41) is 0.681. The van der Waals surface area contributed by atoms with Crippen LogP contribution in [0.25, 0.3) is 11.4 Å². The van der Waals surface area contributed by atoms with Crippen molar-refractivity contribution in [1.82, 2.24) is 9.97 Å². The van der Waals surface area contributed by atoms with Crippen molar-refractivity contribution in [2.75, 3.05) is 0 Å². The summed E-state index contributed by atoms with van der Waals surface area (Å²) in [5.74, 6) is 0. The summed E-state index contributed by atoms with van der Waals surface area (Å²) in [6.45, 7) is 2.00. The molecule has 2 aromatic rings. The van der Waals surface area contributed by atoms with Crippen LogP contribution in [-0.2, 0) is 0 Å². The predicted molar refractivity (Wildman–Crippen MR) is 57.2 cm³/mol. The van der Waals surface area contributed by atoms with Crippen LogP contribution in [-0.4, -0.2) is 9.97 Å². The maximum absolute atomic E-state index is 5.88. The Morgan fingerprint density at radius 2 is 2.00 bits per heavy atom. The van der Waals surface area contributed by atoms with E-state index in [4.69, 9.17) is 11.6 Å². The zero-order valence-corrected chi connectivity index (χ0v) is 8.49. The lowest BCUT2D eigenvalue weighted by atomic mass is 10.1. The minimum absolute atomic E-state index is 0.681. The minimum Gasteiger partial charge on any atom is -0.255 e. The zero-order chi connectivity index (χ0) is 9.97. The summed E-state index contributed by atoms with van der Waals surface area (Å²) in [7, 11) is 0. The van der Waals surface area contributed by atoms with Gasteiger partial charge in [0.05, 0.1) is 11.4 Å². The van der Waals surface area contributed by atoms with Crippen molar-refractivity contribution < 1.29 is 0 Å². The monoisotopic (exact) mass is 204 g/mol. The molecular formula is C11H9ClN2. The summed E-state index contributed by atoms with van der Waals surface area (Å²) < 4.78 is 0. The second kappa shape index (κ2) is 3.76. The fourth-order valence-electron chi connectivity index (χ4n) is 1.29. The quantitative estimate of drug-likeness (QED) is 0.714. The Bertz CT molecular complexity index is 455. The van der Waals surface area contributed by atoms with Crippen LogP contribution in [0.4, 0.5) is 0 Å². The molecule has 0 saturated heterocycles. The molecule has 2 nitrogen and oxygen atoms in total. The van der Waals surface area contributed by atoms with Crippen LogP contribution in [0.2, 0.25) is 5.02 Å². The summed E-state index contributed by atoms with van der Waals surface area (Å²) in [6.07, 6.45) is 3.44. The van der Waals surface area contributed by atoms with Gasteiger partial charge in [-0.2, -0.15) is 0 Å². The van der Waals surface area contributed by atoms with Gasteiger partial charge in [-0.15, -0.1) is 0 Å².